The third-order valence-corrected chi connectivity index (χ3v) is 4.03. The number of nitrogen functional groups attached to an aromatic ring is 2. The van der Waals surface area contributed by atoms with E-state index in [-0.39, 0.29) is 5.91 Å². The van der Waals surface area contributed by atoms with Crippen molar-refractivity contribution in [2.24, 2.45) is 5.84 Å². The summed E-state index contributed by atoms with van der Waals surface area (Å²) in [6.07, 6.45) is 0. The van der Waals surface area contributed by atoms with Crippen LogP contribution in [0.25, 0.3) is 0 Å². The first kappa shape index (κ1) is 14.4. The molecule has 0 saturated carbocycles. The molecule has 0 bridgehead atoms. The predicted molar refractivity (Wildman–Crippen MR) is 83.2 cm³/mol. The number of nitrogens with one attached hydrogen (secondary N) is 1. The molecule has 0 heterocycles. The molecule has 0 aromatic heterocycles. The van der Waals surface area contributed by atoms with Gasteiger partial charge in [-0.1, -0.05) is 12.1 Å². The Hall–Kier alpha value is -1.98. The average Bonchev–Trinajstić information content (AvgIpc) is 2.48. The molecule has 0 saturated heterocycles. The van der Waals surface area contributed by atoms with Crippen molar-refractivity contribution in [2.75, 3.05) is 5.73 Å². The molecule has 0 aliphatic rings. The summed E-state index contributed by atoms with van der Waals surface area (Å²) in [7, 11) is 0. The van der Waals surface area contributed by atoms with Gasteiger partial charge in [-0.25, -0.2) is 5.84 Å². The van der Waals surface area contributed by atoms with Crippen molar-refractivity contribution < 1.29 is 4.79 Å². The molecule has 5 heteroatoms. The van der Waals surface area contributed by atoms with E-state index in [4.69, 9.17) is 11.6 Å². The molecule has 2 aromatic rings. The summed E-state index contributed by atoms with van der Waals surface area (Å²) in [6, 6.07) is 13.4. The molecule has 104 valence electrons. The summed E-state index contributed by atoms with van der Waals surface area (Å²) in [4.78, 5) is 12.6. The Morgan fingerprint density at radius 1 is 1.25 bits per heavy atom. The fraction of sp³-hybridized carbons (Fsp3) is 0.133. The Kier molecular flexibility index (Phi) is 4.65. The standard InChI is InChI=1S/C15H17N3OS/c1-10-7-13(5-6-14(10)16)20-9-11-3-2-4-12(8-11)15(19)18-17/h2-8H,9,16-17H2,1H3,(H,18,19). The van der Waals surface area contributed by atoms with Crippen LogP contribution >= 0.6 is 11.8 Å². The van der Waals surface area contributed by atoms with Crippen LogP contribution in [0.5, 0.6) is 0 Å². The number of thioether (sulfide) groups is 1. The maximum absolute atomic E-state index is 11.5. The van der Waals surface area contributed by atoms with E-state index in [2.05, 4.69) is 11.5 Å². The van der Waals surface area contributed by atoms with E-state index in [1.807, 2.05) is 37.3 Å². The Bertz CT molecular complexity index is 628. The molecule has 4 nitrogen and oxygen atoms in total. The molecule has 0 fully saturated rings. The predicted octanol–water partition coefficient (Wildman–Crippen LogP) is 2.47. The number of carbonyl (C=O) groups excluding carboxylic acids is 1. The van der Waals surface area contributed by atoms with Gasteiger partial charge in [-0.05, 0) is 48.4 Å². The first-order valence-electron chi connectivity index (χ1n) is 6.19. The summed E-state index contributed by atoms with van der Waals surface area (Å²) < 4.78 is 0. The van der Waals surface area contributed by atoms with Crippen LogP contribution in [0.15, 0.2) is 47.4 Å². The van der Waals surface area contributed by atoms with Gasteiger partial charge in [0.2, 0.25) is 0 Å². The number of benzene rings is 2. The third-order valence-electron chi connectivity index (χ3n) is 2.97. The molecule has 2 rings (SSSR count). The lowest BCUT2D eigenvalue weighted by Gasteiger charge is -2.06. The van der Waals surface area contributed by atoms with E-state index in [1.165, 1.54) is 0 Å². The molecule has 0 atom stereocenters. The molecule has 0 unspecified atom stereocenters. The zero-order chi connectivity index (χ0) is 14.5. The molecule has 20 heavy (non-hydrogen) atoms. The van der Waals surface area contributed by atoms with E-state index >= 15 is 0 Å². The normalized spacial score (nSPS) is 10.3. The van der Waals surface area contributed by atoms with Crippen LogP contribution in [0.2, 0.25) is 0 Å². The van der Waals surface area contributed by atoms with E-state index in [0.717, 1.165) is 27.5 Å². The van der Waals surface area contributed by atoms with Crippen LogP contribution in [-0.4, -0.2) is 5.91 Å². The Balaban J connectivity index is 2.07. The lowest BCUT2D eigenvalue weighted by atomic mass is 10.1. The van der Waals surface area contributed by atoms with Crippen LogP contribution in [-0.2, 0) is 5.75 Å². The number of anilines is 1. The molecule has 5 N–H and O–H groups in total. The van der Waals surface area contributed by atoms with E-state index in [1.54, 1.807) is 17.8 Å². The number of carbonyl (C=O) groups is 1. The van der Waals surface area contributed by atoms with Crippen LogP contribution in [0, 0.1) is 6.92 Å². The van der Waals surface area contributed by atoms with Crippen molar-refractivity contribution in [1.82, 2.24) is 5.43 Å². The molecular formula is C15H17N3OS. The smallest absolute Gasteiger partial charge is 0.265 e. The quantitative estimate of drug-likeness (QED) is 0.265. The van der Waals surface area contributed by atoms with E-state index in [0.29, 0.717) is 5.56 Å². The minimum absolute atomic E-state index is 0.278. The second-order valence-corrected chi connectivity index (χ2v) is 5.53. The second-order valence-electron chi connectivity index (χ2n) is 4.48. The number of hydrazine groups is 1. The number of aryl methyl sites for hydroxylation is 1. The van der Waals surface area contributed by atoms with Crippen molar-refractivity contribution in [1.29, 1.82) is 0 Å². The molecular weight excluding hydrogens is 270 g/mol. The lowest BCUT2D eigenvalue weighted by Crippen LogP contribution is -2.29. The second kappa shape index (κ2) is 6.45. The van der Waals surface area contributed by atoms with Crippen molar-refractivity contribution in [3.05, 3.63) is 59.2 Å². The highest BCUT2D eigenvalue weighted by Crippen LogP contribution is 2.26. The van der Waals surface area contributed by atoms with Crippen LogP contribution in [0.1, 0.15) is 21.5 Å². The SMILES string of the molecule is Cc1cc(SCc2cccc(C(=O)NN)c2)ccc1N. The van der Waals surface area contributed by atoms with Gasteiger partial charge in [0.1, 0.15) is 0 Å². The summed E-state index contributed by atoms with van der Waals surface area (Å²) in [5, 5.41) is 0. The Labute approximate surface area is 122 Å². The largest absolute Gasteiger partial charge is 0.399 e. The lowest BCUT2D eigenvalue weighted by molar-refractivity contribution is 0.0953. The van der Waals surface area contributed by atoms with E-state index < -0.39 is 0 Å². The summed E-state index contributed by atoms with van der Waals surface area (Å²) in [5.74, 6) is 5.64. The Morgan fingerprint density at radius 2 is 2.05 bits per heavy atom. The van der Waals surface area contributed by atoms with Crippen molar-refractivity contribution in [3.8, 4) is 0 Å². The molecule has 2 aromatic carbocycles. The first-order valence-corrected chi connectivity index (χ1v) is 7.17. The third kappa shape index (κ3) is 3.53. The maximum atomic E-state index is 11.5. The van der Waals surface area contributed by atoms with Gasteiger partial charge in [-0.15, -0.1) is 11.8 Å². The minimum Gasteiger partial charge on any atom is -0.399 e. The number of hydrogen-bond donors (Lipinski definition) is 3. The molecule has 0 aliphatic carbocycles. The molecule has 0 spiro atoms. The van der Waals surface area contributed by atoms with Gasteiger partial charge in [0.15, 0.2) is 0 Å². The zero-order valence-electron chi connectivity index (χ0n) is 11.2. The van der Waals surface area contributed by atoms with Crippen molar-refractivity contribution in [3.63, 3.8) is 0 Å². The Morgan fingerprint density at radius 3 is 2.75 bits per heavy atom. The fourth-order valence-corrected chi connectivity index (χ4v) is 2.73. The van der Waals surface area contributed by atoms with Crippen molar-refractivity contribution >= 4 is 23.4 Å². The topological polar surface area (TPSA) is 81.1 Å². The number of rotatable bonds is 4. The first-order chi connectivity index (χ1) is 9.60. The van der Waals surface area contributed by atoms with Crippen molar-refractivity contribution in [2.45, 2.75) is 17.6 Å². The average molecular weight is 287 g/mol. The van der Waals surface area contributed by atoms with Gasteiger partial charge in [0, 0.05) is 21.9 Å². The highest BCUT2D eigenvalue weighted by molar-refractivity contribution is 7.98. The number of amides is 1. The van der Waals surface area contributed by atoms with E-state index in [9.17, 15) is 4.79 Å². The minimum atomic E-state index is -0.278. The van der Waals surface area contributed by atoms with Gasteiger partial charge in [-0.3, -0.25) is 10.2 Å². The molecule has 0 radical (unpaired) electrons. The monoisotopic (exact) mass is 287 g/mol. The van der Waals surface area contributed by atoms with Gasteiger partial charge >= 0.3 is 0 Å². The van der Waals surface area contributed by atoms with Crippen LogP contribution in [0.4, 0.5) is 5.69 Å². The maximum Gasteiger partial charge on any atom is 0.265 e. The van der Waals surface area contributed by atoms with Gasteiger partial charge < -0.3 is 5.73 Å². The zero-order valence-corrected chi connectivity index (χ0v) is 12.0. The number of hydrogen-bond acceptors (Lipinski definition) is 4. The molecule has 0 aliphatic heterocycles. The van der Waals surface area contributed by atoms with Gasteiger partial charge in [0.05, 0.1) is 0 Å². The number of nitrogens with two attached hydrogens (primary N) is 2. The summed E-state index contributed by atoms with van der Waals surface area (Å²) in [6.45, 7) is 1.99. The summed E-state index contributed by atoms with van der Waals surface area (Å²) >= 11 is 1.71. The van der Waals surface area contributed by atoms with Crippen LogP contribution < -0.4 is 17.0 Å². The highest BCUT2D eigenvalue weighted by atomic mass is 32.2. The molecule has 1 amide bonds. The highest BCUT2D eigenvalue weighted by Gasteiger charge is 2.05. The van der Waals surface area contributed by atoms with Crippen LogP contribution in [0.3, 0.4) is 0 Å². The summed E-state index contributed by atoms with van der Waals surface area (Å²) in [5.41, 5.74) is 11.5. The fourth-order valence-electron chi connectivity index (χ4n) is 1.79. The van der Waals surface area contributed by atoms with Gasteiger partial charge in [-0.2, -0.15) is 0 Å². The van der Waals surface area contributed by atoms with Gasteiger partial charge in [0.25, 0.3) is 5.91 Å².